The summed E-state index contributed by atoms with van der Waals surface area (Å²) in [5.41, 5.74) is 0.768. The fraction of sp³-hybridized carbons (Fsp3) is 0.538. The highest BCUT2D eigenvalue weighted by Gasteiger charge is 2.20. The Morgan fingerprint density at radius 3 is 2.67 bits per heavy atom. The lowest BCUT2D eigenvalue weighted by atomic mass is 9.97. The van der Waals surface area contributed by atoms with Gasteiger partial charge in [0.25, 0.3) is 0 Å². The number of hydrogen-bond acceptors (Lipinski definition) is 4. The summed E-state index contributed by atoms with van der Waals surface area (Å²) in [5.74, 6) is 1.12. The lowest BCUT2D eigenvalue weighted by molar-refractivity contribution is -0.120. The van der Waals surface area contributed by atoms with Gasteiger partial charge in [-0.3, -0.25) is 4.79 Å². The van der Waals surface area contributed by atoms with Crippen LogP contribution in [0.1, 0.15) is 12.8 Å². The van der Waals surface area contributed by atoms with Crippen molar-refractivity contribution in [3.63, 3.8) is 0 Å². The predicted molar refractivity (Wildman–Crippen MR) is 72.8 cm³/mol. The number of hydrogen-bond donors (Lipinski definition) is 2. The molecule has 0 saturated carbocycles. The molecule has 1 fully saturated rings. The number of rotatable bonds is 3. The number of carbonyl (C=O) groups is 1. The van der Waals surface area contributed by atoms with Gasteiger partial charge in [0, 0.05) is 20.0 Å². The molecule has 98 valence electrons. The van der Waals surface area contributed by atoms with Gasteiger partial charge in [-0.05, 0) is 38.1 Å². The summed E-state index contributed by atoms with van der Waals surface area (Å²) in [7, 11) is 3.88. The molecule has 2 N–H and O–H groups in total. The Morgan fingerprint density at radius 1 is 1.39 bits per heavy atom. The van der Waals surface area contributed by atoms with Gasteiger partial charge in [-0.2, -0.15) is 0 Å². The van der Waals surface area contributed by atoms with E-state index in [9.17, 15) is 4.79 Å². The van der Waals surface area contributed by atoms with Crippen molar-refractivity contribution in [1.29, 1.82) is 0 Å². The summed E-state index contributed by atoms with van der Waals surface area (Å²) in [4.78, 5) is 18.2. The zero-order valence-electron chi connectivity index (χ0n) is 10.9. The number of piperidine rings is 1. The number of amides is 1. The number of carbonyl (C=O) groups excluding carboxylic acids is 1. The molecule has 1 aromatic rings. The molecule has 18 heavy (non-hydrogen) atoms. The van der Waals surface area contributed by atoms with Gasteiger partial charge in [-0.15, -0.1) is 0 Å². The molecule has 0 atom stereocenters. The average molecular weight is 248 g/mol. The topological polar surface area (TPSA) is 57.3 Å². The van der Waals surface area contributed by atoms with Gasteiger partial charge in [-0.25, -0.2) is 4.98 Å². The zero-order chi connectivity index (χ0) is 13.0. The first kappa shape index (κ1) is 12.8. The summed E-state index contributed by atoms with van der Waals surface area (Å²) in [6.07, 6.45) is 3.53. The average Bonchev–Trinajstić information content (AvgIpc) is 2.40. The van der Waals surface area contributed by atoms with E-state index >= 15 is 0 Å². The number of aromatic nitrogens is 1. The Labute approximate surface area is 108 Å². The van der Waals surface area contributed by atoms with Crippen LogP contribution in [0.5, 0.6) is 0 Å². The second-order valence-electron chi connectivity index (χ2n) is 4.81. The molecular weight excluding hydrogens is 228 g/mol. The minimum atomic E-state index is 0.107. The molecule has 2 rings (SSSR count). The summed E-state index contributed by atoms with van der Waals surface area (Å²) in [6.45, 7) is 1.85. The SMILES string of the molecule is CN(C)c1ccc(NC(=O)C2CCNCC2)cn1. The summed E-state index contributed by atoms with van der Waals surface area (Å²) >= 11 is 0. The Balaban J connectivity index is 1.94. The number of nitrogens with zero attached hydrogens (tertiary/aromatic N) is 2. The first-order chi connectivity index (χ1) is 8.66. The molecule has 1 aliphatic rings. The van der Waals surface area contributed by atoms with Crippen LogP contribution in [-0.2, 0) is 4.79 Å². The van der Waals surface area contributed by atoms with Gasteiger partial charge in [0.15, 0.2) is 0 Å². The standard InChI is InChI=1S/C13H20N4O/c1-17(2)12-4-3-11(9-15-12)16-13(18)10-5-7-14-8-6-10/h3-4,9-10,14H,5-8H2,1-2H3,(H,16,18). The van der Waals surface area contributed by atoms with Gasteiger partial charge in [-0.1, -0.05) is 0 Å². The van der Waals surface area contributed by atoms with E-state index in [1.54, 1.807) is 6.20 Å². The van der Waals surface area contributed by atoms with Crippen molar-refractivity contribution in [3.05, 3.63) is 18.3 Å². The minimum absolute atomic E-state index is 0.107. The number of pyridine rings is 1. The molecule has 0 bridgehead atoms. The summed E-state index contributed by atoms with van der Waals surface area (Å²) in [5, 5.41) is 6.19. The molecular formula is C13H20N4O. The van der Waals surface area contributed by atoms with Gasteiger partial charge in [0.1, 0.15) is 5.82 Å². The third-order valence-electron chi connectivity index (χ3n) is 3.18. The molecule has 1 aromatic heterocycles. The lowest BCUT2D eigenvalue weighted by Gasteiger charge is -2.21. The maximum atomic E-state index is 12.0. The third kappa shape index (κ3) is 3.20. The lowest BCUT2D eigenvalue weighted by Crippen LogP contribution is -2.34. The molecule has 1 amide bonds. The van der Waals surface area contributed by atoms with E-state index in [0.29, 0.717) is 0 Å². The van der Waals surface area contributed by atoms with Crippen molar-refractivity contribution in [2.24, 2.45) is 5.92 Å². The summed E-state index contributed by atoms with van der Waals surface area (Å²) in [6, 6.07) is 3.79. The van der Waals surface area contributed by atoms with E-state index < -0.39 is 0 Å². The molecule has 5 heteroatoms. The van der Waals surface area contributed by atoms with Gasteiger partial charge in [0.2, 0.25) is 5.91 Å². The van der Waals surface area contributed by atoms with Crippen molar-refractivity contribution in [3.8, 4) is 0 Å². The fourth-order valence-electron chi connectivity index (χ4n) is 2.05. The Hall–Kier alpha value is -1.62. The molecule has 5 nitrogen and oxygen atoms in total. The van der Waals surface area contributed by atoms with E-state index in [1.807, 2.05) is 31.1 Å². The van der Waals surface area contributed by atoms with Crippen molar-refractivity contribution in [2.45, 2.75) is 12.8 Å². The fourth-order valence-corrected chi connectivity index (χ4v) is 2.05. The van der Waals surface area contributed by atoms with Crippen LogP contribution >= 0.6 is 0 Å². The molecule has 0 unspecified atom stereocenters. The van der Waals surface area contributed by atoms with E-state index in [-0.39, 0.29) is 11.8 Å². The minimum Gasteiger partial charge on any atom is -0.363 e. The van der Waals surface area contributed by atoms with Crippen LogP contribution in [0.3, 0.4) is 0 Å². The van der Waals surface area contributed by atoms with Crippen LogP contribution in [0.15, 0.2) is 18.3 Å². The Bertz CT molecular complexity index is 396. The van der Waals surface area contributed by atoms with Crippen LogP contribution in [0.4, 0.5) is 11.5 Å². The van der Waals surface area contributed by atoms with E-state index in [1.165, 1.54) is 0 Å². The van der Waals surface area contributed by atoms with Crippen LogP contribution in [0.25, 0.3) is 0 Å². The van der Waals surface area contributed by atoms with Crippen LogP contribution in [0.2, 0.25) is 0 Å². The Kier molecular flexibility index (Phi) is 4.15. The van der Waals surface area contributed by atoms with Gasteiger partial charge >= 0.3 is 0 Å². The van der Waals surface area contributed by atoms with Crippen LogP contribution in [0, 0.1) is 5.92 Å². The molecule has 0 radical (unpaired) electrons. The van der Waals surface area contributed by atoms with Crippen molar-refractivity contribution in [2.75, 3.05) is 37.4 Å². The first-order valence-electron chi connectivity index (χ1n) is 6.32. The van der Waals surface area contributed by atoms with E-state index in [0.717, 1.165) is 37.4 Å². The van der Waals surface area contributed by atoms with Crippen molar-refractivity contribution < 1.29 is 4.79 Å². The largest absolute Gasteiger partial charge is 0.363 e. The highest BCUT2D eigenvalue weighted by atomic mass is 16.1. The molecule has 2 heterocycles. The zero-order valence-corrected chi connectivity index (χ0v) is 10.9. The third-order valence-corrected chi connectivity index (χ3v) is 3.18. The first-order valence-corrected chi connectivity index (χ1v) is 6.32. The van der Waals surface area contributed by atoms with Crippen LogP contribution in [-0.4, -0.2) is 38.1 Å². The monoisotopic (exact) mass is 248 g/mol. The number of anilines is 2. The molecule has 0 aliphatic carbocycles. The predicted octanol–water partition coefficient (Wildman–Crippen LogP) is 1.09. The molecule has 0 aromatic carbocycles. The van der Waals surface area contributed by atoms with E-state index in [4.69, 9.17) is 0 Å². The maximum Gasteiger partial charge on any atom is 0.227 e. The van der Waals surface area contributed by atoms with Crippen molar-refractivity contribution >= 4 is 17.4 Å². The number of nitrogens with one attached hydrogen (secondary N) is 2. The second-order valence-corrected chi connectivity index (χ2v) is 4.81. The highest BCUT2D eigenvalue weighted by molar-refractivity contribution is 5.92. The van der Waals surface area contributed by atoms with Gasteiger partial charge < -0.3 is 15.5 Å². The van der Waals surface area contributed by atoms with Crippen LogP contribution < -0.4 is 15.5 Å². The quantitative estimate of drug-likeness (QED) is 0.840. The maximum absolute atomic E-state index is 12.0. The highest BCUT2D eigenvalue weighted by Crippen LogP contribution is 2.16. The Morgan fingerprint density at radius 2 is 2.11 bits per heavy atom. The molecule has 1 saturated heterocycles. The smallest absolute Gasteiger partial charge is 0.227 e. The molecule has 1 aliphatic heterocycles. The summed E-state index contributed by atoms with van der Waals surface area (Å²) < 4.78 is 0. The van der Waals surface area contributed by atoms with Gasteiger partial charge in [0.05, 0.1) is 11.9 Å². The normalized spacial score (nSPS) is 16.3. The second kappa shape index (κ2) is 5.82. The molecule has 0 spiro atoms. The van der Waals surface area contributed by atoms with Crippen molar-refractivity contribution in [1.82, 2.24) is 10.3 Å². The van der Waals surface area contributed by atoms with E-state index in [2.05, 4.69) is 15.6 Å².